The lowest BCUT2D eigenvalue weighted by molar-refractivity contribution is -0.145. The van der Waals surface area contributed by atoms with Crippen molar-refractivity contribution in [2.75, 3.05) is 65.4 Å². The van der Waals surface area contributed by atoms with Crippen molar-refractivity contribution in [3.05, 3.63) is 29.3 Å². The van der Waals surface area contributed by atoms with E-state index in [2.05, 4.69) is 4.72 Å². The molecule has 0 saturated carbocycles. The van der Waals surface area contributed by atoms with Crippen LogP contribution in [0.25, 0.3) is 0 Å². The first-order chi connectivity index (χ1) is 20.3. The number of aryl methyl sites for hydroxylation is 1. The molecule has 4 N–H and O–H groups in total. The van der Waals surface area contributed by atoms with Crippen LogP contribution in [-0.4, -0.2) is 145 Å². The Morgan fingerprint density at radius 2 is 1.18 bits per heavy atom. The summed E-state index contributed by atoms with van der Waals surface area (Å²) in [5, 5.41) is 28.9. The van der Waals surface area contributed by atoms with Gasteiger partial charge in [0.05, 0.1) is 10.5 Å². The first-order valence-electron chi connectivity index (χ1n) is 14.2. The molecule has 1 aliphatic heterocycles. The summed E-state index contributed by atoms with van der Waals surface area (Å²) in [5.41, 5.74) is -0.956. The predicted molar refractivity (Wildman–Crippen MR) is 154 cm³/mol. The van der Waals surface area contributed by atoms with Gasteiger partial charge in [-0.25, -0.2) is 13.1 Å². The van der Waals surface area contributed by atoms with E-state index in [1.165, 1.54) is 33.8 Å². The summed E-state index contributed by atoms with van der Waals surface area (Å²) in [6.07, 6.45) is -4.89. The van der Waals surface area contributed by atoms with Crippen LogP contribution in [0.4, 0.5) is 13.2 Å². The number of carboxylic acid groups (broad SMARTS) is 3. The molecule has 1 saturated heterocycles. The van der Waals surface area contributed by atoms with Crippen molar-refractivity contribution in [1.29, 1.82) is 0 Å². The SMILES string of the molecule is Cc1ccc(C(F)(F)F)c(S(=O)(=O)NCCN2CCN(C(C)C(=O)O)CCN(C(C)C(=O)O)CCN(C(C)C(=O)O)CC2)c1. The Kier molecular flexibility index (Phi) is 13.5. The number of halogens is 3. The van der Waals surface area contributed by atoms with Gasteiger partial charge in [0.2, 0.25) is 10.0 Å². The number of hydrogen-bond donors (Lipinski definition) is 4. The number of alkyl halides is 3. The fourth-order valence-corrected chi connectivity index (χ4v) is 6.19. The molecular weight excluding hydrogens is 611 g/mol. The number of nitrogens with one attached hydrogen (secondary N) is 1. The van der Waals surface area contributed by atoms with Gasteiger partial charge in [-0.2, -0.15) is 13.2 Å². The van der Waals surface area contributed by atoms with Crippen LogP contribution in [-0.2, 0) is 30.6 Å². The average molecular weight is 654 g/mol. The number of hydrogen-bond acceptors (Lipinski definition) is 9. The van der Waals surface area contributed by atoms with Crippen molar-refractivity contribution in [3.63, 3.8) is 0 Å². The van der Waals surface area contributed by atoms with E-state index < -0.39 is 62.7 Å². The minimum absolute atomic E-state index is 0.0408. The summed E-state index contributed by atoms with van der Waals surface area (Å²) >= 11 is 0. The van der Waals surface area contributed by atoms with E-state index in [4.69, 9.17) is 0 Å². The number of nitrogens with zero attached hydrogens (tertiary/aromatic N) is 4. The molecule has 1 aromatic carbocycles. The molecule has 0 aromatic heterocycles. The van der Waals surface area contributed by atoms with Gasteiger partial charge in [0, 0.05) is 65.4 Å². The Balaban J connectivity index is 2.30. The van der Waals surface area contributed by atoms with Crippen LogP contribution in [0.1, 0.15) is 31.9 Å². The summed E-state index contributed by atoms with van der Waals surface area (Å²) in [6.45, 7) is 7.34. The quantitative estimate of drug-likeness (QED) is 0.267. The number of carbonyl (C=O) groups is 3. The molecule has 2 rings (SSSR count). The second-order valence-electron chi connectivity index (χ2n) is 10.9. The van der Waals surface area contributed by atoms with Crippen molar-refractivity contribution in [1.82, 2.24) is 24.3 Å². The number of sulfonamides is 1. The van der Waals surface area contributed by atoms with Crippen LogP contribution in [0.3, 0.4) is 0 Å². The molecule has 44 heavy (non-hydrogen) atoms. The maximum atomic E-state index is 13.5. The minimum atomic E-state index is -4.89. The summed E-state index contributed by atoms with van der Waals surface area (Å²) in [6, 6.07) is 0.0871. The van der Waals surface area contributed by atoms with Crippen LogP contribution in [0.5, 0.6) is 0 Å². The lowest BCUT2D eigenvalue weighted by Crippen LogP contribution is -2.54. The van der Waals surface area contributed by atoms with E-state index in [-0.39, 0.29) is 65.4 Å². The first kappa shape index (κ1) is 37.4. The molecule has 1 fully saturated rings. The van der Waals surface area contributed by atoms with E-state index in [9.17, 15) is 51.3 Å². The second-order valence-corrected chi connectivity index (χ2v) is 12.6. The summed E-state index contributed by atoms with van der Waals surface area (Å²) < 4.78 is 68.7. The molecule has 17 heteroatoms. The van der Waals surface area contributed by atoms with Crippen molar-refractivity contribution < 1.29 is 51.3 Å². The van der Waals surface area contributed by atoms with Gasteiger partial charge in [-0.05, 0) is 45.4 Å². The lowest BCUT2D eigenvalue weighted by Gasteiger charge is -2.37. The third-order valence-electron chi connectivity index (χ3n) is 7.92. The predicted octanol–water partition coefficient (Wildman–Crippen LogP) is 0.933. The molecule has 0 aliphatic carbocycles. The minimum Gasteiger partial charge on any atom is -0.480 e. The zero-order valence-electron chi connectivity index (χ0n) is 25.2. The lowest BCUT2D eigenvalue weighted by atomic mass is 10.1. The van der Waals surface area contributed by atoms with Gasteiger partial charge in [-0.15, -0.1) is 0 Å². The molecule has 3 atom stereocenters. The van der Waals surface area contributed by atoms with Gasteiger partial charge < -0.3 is 15.3 Å². The standard InChI is InChI=1S/C27H42F3N5O8S/c1-18-5-6-22(27(28,29)30)23(17-18)44(42,43)31-7-8-32-9-11-33(19(2)24(36)37)13-15-35(21(4)26(40)41)16-14-34(12-10-32)20(3)25(38)39/h5-6,17,19-21,31H,7-16H2,1-4H3,(H,36,37)(H,38,39)(H,40,41). The van der Waals surface area contributed by atoms with Crippen LogP contribution in [0.2, 0.25) is 0 Å². The molecular formula is C27H42F3N5O8S. The van der Waals surface area contributed by atoms with Crippen LogP contribution in [0, 0.1) is 6.92 Å². The van der Waals surface area contributed by atoms with E-state index in [0.717, 1.165) is 12.1 Å². The van der Waals surface area contributed by atoms with Gasteiger partial charge in [0.15, 0.2) is 0 Å². The largest absolute Gasteiger partial charge is 0.480 e. The Morgan fingerprint density at radius 3 is 1.55 bits per heavy atom. The van der Waals surface area contributed by atoms with Crippen molar-refractivity contribution in [2.45, 2.75) is 56.9 Å². The highest BCUT2D eigenvalue weighted by atomic mass is 32.2. The monoisotopic (exact) mass is 653 g/mol. The summed E-state index contributed by atoms with van der Waals surface area (Å²) in [5.74, 6) is -3.25. The maximum Gasteiger partial charge on any atom is 0.417 e. The molecule has 1 heterocycles. The number of carboxylic acids is 3. The topological polar surface area (TPSA) is 171 Å². The average Bonchev–Trinajstić information content (AvgIpc) is 2.92. The Hall–Kier alpha value is -2.83. The first-order valence-corrected chi connectivity index (χ1v) is 15.6. The normalized spacial score (nSPS) is 19.8. The summed E-state index contributed by atoms with van der Waals surface area (Å²) in [4.78, 5) is 41.2. The second kappa shape index (κ2) is 15.9. The maximum absolute atomic E-state index is 13.5. The number of aliphatic carboxylic acids is 3. The Morgan fingerprint density at radius 1 is 0.795 bits per heavy atom. The van der Waals surface area contributed by atoms with E-state index in [1.807, 2.05) is 0 Å². The van der Waals surface area contributed by atoms with Crippen molar-refractivity contribution in [2.24, 2.45) is 0 Å². The van der Waals surface area contributed by atoms with Crippen molar-refractivity contribution >= 4 is 27.9 Å². The molecule has 0 amide bonds. The zero-order valence-corrected chi connectivity index (χ0v) is 26.1. The van der Waals surface area contributed by atoms with Gasteiger partial charge in [-0.1, -0.05) is 6.07 Å². The van der Waals surface area contributed by atoms with E-state index in [0.29, 0.717) is 5.56 Å². The van der Waals surface area contributed by atoms with Crippen LogP contribution >= 0.6 is 0 Å². The van der Waals surface area contributed by atoms with E-state index >= 15 is 0 Å². The molecule has 13 nitrogen and oxygen atoms in total. The van der Waals surface area contributed by atoms with Gasteiger partial charge in [0.1, 0.15) is 18.1 Å². The highest BCUT2D eigenvalue weighted by Gasteiger charge is 2.37. The highest BCUT2D eigenvalue weighted by molar-refractivity contribution is 7.89. The smallest absolute Gasteiger partial charge is 0.417 e. The molecule has 250 valence electrons. The molecule has 1 aliphatic rings. The third kappa shape index (κ3) is 10.7. The van der Waals surface area contributed by atoms with Gasteiger partial charge >= 0.3 is 24.1 Å². The van der Waals surface area contributed by atoms with E-state index in [1.54, 1.807) is 19.6 Å². The van der Waals surface area contributed by atoms with Crippen LogP contribution in [0.15, 0.2) is 23.1 Å². The number of rotatable bonds is 11. The van der Waals surface area contributed by atoms with Gasteiger partial charge in [0.25, 0.3) is 0 Å². The molecule has 3 unspecified atom stereocenters. The number of benzene rings is 1. The fourth-order valence-electron chi connectivity index (χ4n) is 4.86. The fraction of sp³-hybridized carbons (Fsp3) is 0.667. The molecule has 0 radical (unpaired) electrons. The zero-order chi connectivity index (χ0) is 33.4. The summed E-state index contributed by atoms with van der Waals surface area (Å²) in [7, 11) is -4.56. The molecule has 0 spiro atoms. The third-order valence-corrected chi connectivity index (χ3v) is 9.42. The molecule has 1 aromatic rings. The highest BCUT2D eigenvalue weighted by Crippen LogP contribution is 2.34. The van der Waals surface area contributed by atoms with Crippen molar-refractivity contribution in [3.8, 4) is 0 Å². The Labute approximate surface area is 255 Å². The Bertz CT molecular complexity index is 1230. The molecule has 0 bridgehead atoms. The van der Waals surface area contributed by atoms with Gasteiger partial charge in [-0.3, -0.25) is 34.0 Å². The van der Waals surface area contributed by atoms with Crippen LogP contribution < -0.4 is 4.72 Å².